The van der Waals surface area contributed by atoms with Gasteiger partial charge in [0.05, 0.1) is 29.1 Å². The SMILES string of the molecule is CN1CC2(C1)CN(c1ncc(-c3ccc4ncc5c(c4c3)C3(CCC3)C(=O)N5C)cc1N(OC=O)S(C)(=O)=O)C2. The molecule has 0 bridgehead atoms. The Morgan fingerprint density at radius 3 is 2.40 bits per heavy atom. The maximum atomic E-state index is 13.2. The summed E-state index contributed by atoms with van der Waals surface area (Å²) in [4.78, 5) is 44.9. The molecule has 5 heterocycles. The van der Waals surface area contributed by atoms with Crippen molar-refractivity contribution in [1.82, 2.24) is 14.9 Å². The standard InChI is InChI=1S/C28H30N6O5S/c1-31-13-27(14-31)15-33(16-27)25-22(34(39-17-35)40(3,37)38)10-19(11-30-25)18-5-6-21-20(9-18)24-23(12-29-21)32(2)26(36)28(24)7-4-8-28/h5-6,9-12,17H,4,7-8,13-16H2,1-3H3. The van der Waals surface area contributed by atoms with Crippen molar-refractivity contribution in [2.24, 2.45) is 5.41 Å². The lowest BCUT2D eigenvalue weighted by Gasteiger charge is -2.60. The number of hydrogen-bond acceptors (Lipinski definition) is 9. The van der Waals surface area contributed by atoms with Crippen LogP contribution in [0.3, 0.4) is 0 Å². The molecule has 0 atom stereocenters. The molecule has 3 fully saturated rings. The van der Waals surface area contributed by atoms with Gasteiger partial charge in [-0.15, -0.1) is 0 Å². The third kappa shape index (κ3) is 3.48. The number of amides is 1. The highest BCUT2D eigenvalue weighted by Crippen LogP contribution is 2.55. The van der Waals surface area contributed by atoms with Crippen LogP contribution < -0.4 is 14.3 Å². The molecule has 40 heavy (non-hydrogen) atoms. The number of benzene rings is 1. The van der Waals surface area contributed by atoms with E-state index in [-0.39, 0.29) is 23.5 Å². The van der Waals surface area contributed by atoms with Gasteiger partial charge in [-0.3, -0.25) is 14.6 Å². The number of aromatic nitrogens is 2. The number of nitrogens with zero attached hydrogens (tertiary/aromatic N) is 6. The summed E-state index contributed by atoms with van der Waals surface area (Å²) in [7, 11) is -0.0877. The fourth-order valence-corrected chi connectivity index (χ4v) is 7.88. The third-order valence-corrected chi connectivity index (χ3v) is 9.87. The van der Waals surface area contributed by atoms with Crippen LogP contribution in [0.2, 0.25) is 0 Å². The second-order valence-corrected chi connectivity index (χ2v) is 13.6. The highest BCUT2D eigenvalue weighted by Gasteiger charge is 2.54. The van der Waals surface area contributed by atoms with E-state index in [2.05, 4.69) is 16.9 Å². The molecule has 3 aromatic rings. The molecule has 1 saturated carbocycles. The summed E-state index contributed by atoms with van der Waals surface area (Å²) in [6.07, 6.45) is 7.10. The molecule has 7 rings (SSSR count). The fraction of sp³-hybridized carbons (Fsp3) is 0.429. The Hall–Kier alpha value is -3.77. The normalized spacial score (nSPS) is 20.7. The first kappa shape index (κ1) is 25.2. The fourth-order valence-electron chi connectivity index (χ4n) is 7.20. The number of hydrogen-bond donors (Lipinski definition) is 0. The lowest BCUT2D eigenvalue weighted by atomic mass is 9.64. The summed E-state index contributed by atoms with van der Waals surface area (Å²) >= 11 is 0. The lowest BCUT2D eigenvalue weighted by molar-refractivity contribution is -0.128. The smallest absolute Gasteiger partial charge is 0.322 e. The summed E-state index contributed by atoms with van der Waals surface area (Å²) in [5.41, 5.74) is 3.93. The van der Waals surface area contributed by atoms with Crippen LogP contribution in [0.5, 0.6) is 0 Å². The average Bonchev–Trinajstić information content (AvgIpc) is 3.10. The first-order valence-corrected chi connectivity index (χ1v) is 15.2. The van der Waals surface area contributed by atoms with E-state index in [9.17, 15) is 18.0 Å². The molecule has 11 nitrogen and oxygen atoms in total. The Morgan fingerprint density at radius 2 is 1.77 bits per heavy atom. The third-order valence-electron chi connectivity index (χ3n) is 8.99. The summed E-state index contributed by atoms with van der Waals surface area (Å²) in [5.74, 6) is 0.557. The van der Waals surface area contributed by atoms with E-state index in [0.717, 1.165) is 79.4 Å². The minimum absolute atomic E-state index is 0.104. The molecule has 2 saturated heterocycles. The molecule has 12 heteroatoms. The Labute approximate surface area is 232 Å². The van der Waals surface area contributed by atoms with Crippen LogP contribution in [0.15, 0.2) is 36.7 Å². The van der Waals surface area contributed by atoms with Crippen LogP contribution >= 0.6 is 0 Å². The van der Waals surface area contributed by atoms with Crippen molar-refractivity contribution in [1.29, 1.82) is 0 Å². The Bertz CT molecular complexity index is 1690. The van der Waals surface area contributed by atoms with Gasteiger partial charge in [0.15, 0.2) is 5.82 Å². The van der Waals surface area contributed by atoms with Gasteiger partial charge >= 0.3 is 6.47 Å². The van der Waals surface area contributed by atoms with Gasteiger partial charge in [-0.2, -0.15) is 0 Å². The van der Waals surface area contributed by atoms with Crippen molar-refractivity contribution in [2.75, 3.05) is 60.8 Å². The predicted molar refractivity (Wildman–Crippen MR) is 151 cm³/mol. The first-order chi connectivity index (χ1) is 19.1. The number of likely N-dealkylation sites (tertiary alicyclic amines) is 1. The second kappa shape index (κ2) is 8.37. The highest BCUT2D eigenvalue weighted by molar-refractivity contribution is 7.91. The van der Waals surface area contributed by atoms with Gasteiger partial charge in [0.1, 0.15) is 5.69 Å². The van der Waals surface area contributed by atoms with Gasteiger partial charge in [0.2, 0.25) is 5.91 Å². The Morgan fingerprint density at radius 1 is 1.02 bits per heavy atom. The molecule has 1 aliphatic carbocycles. The average molecular weight is 563 g/mol. The van der Waals surface area contributed by atoms with Gasteiger partial charge in [-0.05, 0) is 43.7 Å². The van der Waals surface area contributed by atoms with Gasteiger partial charge in [-0.25, -0.2) is 13.4 Å². The number of rotatable bonds is 6. The van der Waals surface area contributed by atoms with E-state index in [1.165, 1.54) is 0 Å². The number of pyridine rings is 2. The van der Waals surface area contributed by atoms with Crippen molar-refractivity contribution >= 4 is 50.5 Å². The Kier molecular flexibility index (Phi) is 5.28. The van der Waals surface area contributed by atoms with E-state index in [1.54, 1.807) is 30.4 Å². The molecule has 1 aromatic carbocycles. The molecular formula is C28H30N6O5S. The molecule has 1 amide bonds. The zero-order valence-electron chi connectivity index (χ0n) is 22.6. The summed E-state index contributed by atoms with van der Waals surface area (Å²) in [6, 6.07) is 7.52. The van der Waals surface area contributed by atoms with Crippen LogP contribution in [-0.2, 0) is 29.9 Å². The van der Waals surface area contributed by atoms with Crippen LogP contribution in [0.1, 0.15) is 24.8 Å². The van der Waals surface area contributed by atoms with E-state index < -0.39 is 15.4 Å². The van der Waals surface area contributed by atoms with Crippen LogP contribution in [0.25, 0.3) is 22.0 Å². The highest BCUT2D eigenvalue weighted by atomic mass is 32.2. The molecule has 0 radical (unpaired) electrons. The summed E-state index contributed by atoms with van der Waals surface area (Å²) in [5, 5.41) is 0.904. The van der Waals surface area contributed by atoms with Gasteiger partial charge < -0.3 is 19.5 Å². The molecule has 2 aromatic heterocycles. The molecular weight excluding hydrogens is 532 g/mol. The largest absolute Gasteiger partial charge is 0.353 e. The zero-order valence-corrected chi connectivity index (χ0v) is 23.4. The van der Waals surface area contributed by atoms with Crippen LogP contribution in [-0.4, -0.2) is 82.2 Å². The molecule has 2 spiro atoms. The molecule has 208 valence electrons. The predicted octanol–water partition coefficient (Wildman–Crippen LogP) is 2.30. The van der Waals surface area contributed by atoms with Crippen molar-refractivity contribution in [3.05, 3.63) is 42.2 Å². The lowest BCUT2D eigenvalue weighted by Crippen LogP contribution is -2.71. The molecule has 3 aliphatic heterocycles. The number of fused-ring (bicyclic) bond motifs is 4. The van der Waals surface area contributed by atoms with Gasteiger partial charge in [0, 0.05) is 61.4 Å². The van der Waals surface area contributed by atoms with Crippen molar-refractivity contribution in [3.8, 4) is 11.1 Å². The summed E-state index contributed by atoms with van der Waals surface area (Å²) in [6.45, 7) is 3.55. The zero-order chi connectivity index (χ0) is 28.0. The van der Waals surface area contributed by atoms with E-state index in [4.69, 9.17) is 9.82 Å². The quantitative estimate of drug-likeness (QED) is 0.330. The maximum Gasteiger partial charge on any atom is 0.322 e. The first-order valence-electron chi connectivity index (χ1n) is 13.3. The van der Waals surface area contributed by atoms with E-state index in [1.807, 2.05) is 23.1 Å². The monoisotopic (exact) mass is 562 g/mol. The number of carbonyl (C=O) groups is 2. The minimum Gasteiger partial charge on any atom is -0.353 e. The van der Waals surface area contributed by atoms with Crippen molar-refractivity contribution < 1.29 is 22.8 Å². The maximum absolute atomic E-state index is 13.2. The number of anilines is 3. The van der Waals surface area contributed by atoms with E-state index >= 15 is 0 Å². The van der Waals surface area contributed by atoms with Gasteiger partial charge in [0.25, 0.3) is 10.0 Å². The van der Waals surface area contributed by atoms with Crippen LogP contribution in [0.4, 0.5) is 17.2 Å². The second-order valence-electron chi connectivity index (χ2n) is 11.8. The van der Waals surface area contributed by atoms with Crippen molar-refractivity contribution in [2.45, 2.75) is 24.7 Å². The van der Waals surface area contributed by atoms with E-state index in [0.29, 0.717) is 15.8 Å². The molecule has 0 N–H and O–H groups in total. The topological polar surface area (TPSA) is 116 Å². The van der Waals surface area contributed by atoms with Gasteiger partial charge in [-0.1, -0.05) is 17.0 Å². The number of likely N-dealkylation sites (N-methyl/N-ethyl adjacent to an activating group) is 1. The number of sulfonamides is 1. The molecule has 0 unspecified atom stereocenters. The van der Waals surface area contributed by atoms with Crippen molar-refractivity contribution in [3.63, 3.8) is 0 Å². The van der Waals surface area contributed by atoms with Crippen LogP contribution in [0, 0.1) is 5.41 Å². The minimum atomic E-state index is -3.96. The Balaban J connectivity index is 1.34. The molecule has 4 aliphatic rings. The summed E-state index contributed by atoms with van der Waals surface area (Å²) < 4.78 is 26.1. The number of carbonyl (C=O) groups excluding carboxylic acids is 2.